The summed E-state index contributed by atoms with van der Waals surface area (Å²) < 4.78 is 24.9. The maximum Gasteiger partial charge on any atom is 0.254 e. The average molecular weight is 415 g/mol. The van der Waals surface area contributed by atoms with E-state index in [0.717, 1.165) is 35.2 Å². The second-order valence-electron chi connectivity index (χ2n) is 7.34. The van der Waals surface area contributed by atoms with Gasteiger partial charge in [-0.2, -0.15) is 0 Å². The van der Waals surface area contributed by atoms with Crippen LogP contribution in [0.3, 0.4) is 0 Å². The van der Waals surface area contributed by atoms with Gasteiger partial charge in [0.15, 0.2) is 9.84 Å². The van der Waals surface area contributed by atoms with Gasteiger partial charge in [0.1, 0.15) is 0 Å². The summed E-state index contributed by atoms with van der Waals surface area (Å²) in [4.78, 5) is 19.8. The molecular weight excluding hydrogens is 392 g/mol. The van der Waals surface area contributed by atoms with Gasteiger partial charge in [0.2, 0.25) is 0 Å². The Bertz CT molecular complexity index is 1110. The normalized spacial score (nSPS) is 15.9. The van der Waals surface area contributed by atoms with Crippen LogP contribution in [-0.2, 0) is 9.84 Å². The quantitative estimate of drug-likeness (QED) is 0.649. The highest BCUT2D eigenvalue weighted by molar-refractivity contribution is 7.90. The van der Waals surface area contributed by atoms with Gasteiger partial charge in [-0.05, 0) is 49.6 Å². The fourth-order valence-corrected chi connectivity index (χ4v) is 5.41. The number of amides is 1. The predicted octanol–water partition coefficient (Wildman–Crippen LogP) is 4.03. The lowest BCUT2D eigenvalue weighted by Crippen LogP contribution is -2.38. The number of aryl methyl sites for hydroxylation is 1. The van der Waals surface area contributed by atoms with Gasteiger partial charge >= 0.3 is 0 Å². The van der Waals surface area contributed by atoms with Crippen molar-refractivity contribution in [3.05, 3.63) is 58.6 Å². The molecule has 1 aromatic heterocycles. The summed E-state index contributed by atoms with van der Waals surface area (Å²) in [6.45, 7) is 3.15. The summed E-state index contributed by atoms with van der Waals surface area (Å²) in [5.41, 5.74) is 2.31. The smallest absolute Gasteiger partial charge is 0.254 e. The van der Waals surface area contributed by atoms with Crippen molar-refractivity contribution in [1.29, 1.82) is 0 Å². The molecule has 4 rings (SSSR count). The SMILES string of the molecule is Cc1ccc(S(C)(=O)=O)cc1C(=O)N1CCC(c2nc3ccccc3s2)CC1. The Morgan fingerprint density at radius 1 is 1.14 bits per heavy atom. The fraction of sp³-hybridized carbons (Fsp3) is 0.333. The number of likely N-dealkylation sites (tertiary alicyclic amines) is 1. The third-order valence-electron chi connectivity index (χ3n) is 5.31. The van der Waals surface area contributed by atoms with Crippen LogP contribution in [0.5, 0.6) is 0 Å². The van der Waals surface area contributed by atoms with Gasteiger partial charge in [-0.25, -0.2) is 13.4 Å². The zero-order chi connectivity index (χ0) is 19.9. The molecule has 1 amide bonds. The molecule has 0 unspecified atom stereocenters. The number of carbonyl (C=O) groups excluding carboxylic acids is 1. The van der Waals surface area contributed by atoms with Crippen molar-refractivity contribution in [1.82, 2.24) is 9.88 Å². The Labute approximate surface area is 168 Å². The third-order valence-corrected chi connectivity index (χ3v) is 7.62. The lowest BCUT2D eigenvalue weighted by atomic mass is 9.96. The first-order valence-electron chi connectivity index (χ1n) is 9.28. The van der Waals surface area contributed by atoms with E-state index in [-0.39, 0.29) is 10.8 Å². The lowest BCUT2D eigenvalue weighted by Gasteiger charge is -2.31. The third kappa shape index (κ3) is 3.69. The molecule has 146 valence electrons. The van der Waals surface area contributed by atoms with E-state index in [0.29, 0.717) is 24.6 Å². The molecule has 2 aromatic carbocycles. The van der Waals surface area contributed by atoms with Crippen molar-refractivity contribution < 1.29 is 13.2 Å². The molecule has 1 aliphatic rings. The zero-order valence-electron chi connectivity index (χ0n) is 15.9. The van der Waals surface area contributed by atoms with Crippen LogP contribution in [0.4, 0.5) is 0 Å². The van der Waals surface area contributed by atoms with Crippen LogP contribution in [0.15, 0.2) is 47.4 Å². The van der Waals surface area contributed by atoms with Crippen LogP contribution in [-0.4, -0.2) is 43.6 Å². The number of nitrogens with zero attached hydrogens (tertiary/aromatic N) is 2. The Kier molecular flexibility index (Phi) is 4.97. The Morgan fingerprint density at radius 2 is 1.86 bits per heavy atom. The van der Waals surface area contributed by atoms with Crippen molar-refractivity contribution in [2.75, 3.05) is 19.3 Å². The van der Waals surface area contributed by atoms with Gasteiger partial charge in [0.05, 0.1) is 20.1 Å². The predicted molar refractivity (Wildman–Crippen MR) is 112 cm³/mol. The van der Waals surface area contributed by atoms with Crippen LogP contribution in [0.2, 0.25) is 0 Å². The van der Waals surface area contributed by atoms with Gasteiger partial charge in [-0.3, -0.25) is 4.79 Å². The summed E-state index contributed by atoms with van der Waals surface area (Å²) in [5, 5.41) is 1.14. The molecule has 5 nitrogen and oxygen atoms in total. The monoisotopic (exact) mass is 414 g/mol. The average Bonchev–Trinajstić information content (AvgIpc) is 3.11. The van der Waals surface area contributed by atoms with Crippen molar-refractivity contribution in [3.8, 4) is 0 Å². The molecule has 1 fully saturated rings. The number of piperidine rings is 1. The van der Waals surface area contributed by atoms with E-state index < -0.39 is 9.84 Å². The maximum atomic E-state index is 13.0. The number of para-hydroxylation sites is 1. The van der Waals surface area contributed by atoms with Gasteiger partial charge in [-0.1, -0.05) is 18.2 Å². The number of carbonyl (C=O) groups is 1. The molecule has 0 aliphatic carbocycles. The lowest BCUT2D eigenvalue weighted by molar-refractivity contribution is 0.0712. The van der Waals surface area contributed by atoms with Crippen LogP contribution in [0.1, 0.15) is 39.7 Å². The van der Waals surface area contributed by atoms with Gasteiger partial charge in [-0.15, -0.1) is 11.3 Å². The first kappa shape index (κ1) is 19.1. The second-order valence-corrected chi connectivity index (χ2v) is 10.4. The van der Waals surface area contributed by atoms with E-state index in [2.05, 4.69) is 6.07 Å². The molecule has 0 atom stereocenters. The van der Waals surface area contributed by atoms with E-state index >= 15 is 0 Å². The number of hydrogen-bond donors (Lipinski definition) is 0. The highest BCUT2D eigenvalue weighted by atomic mass is 32.2. The molecule has 0 radical (unpaired) electrons. The van der Waals surface area contributed by atoms with E-state index in [1.807, 2.05) is 30.0 Å². The van der Waals surface area contributed by atoms with E-state index in [9.17, 15) is 13.2 Å². The number of sulfone groups is 1. The molecule has 0 saturated carbocycles. The number of fused-ring (bicyclic) bond motifs is 1. The van der Waals surface area contributed by atoms with Crippen molar-refractivity contribution in [3.63, 3.8) is 0 Å². The van der Waals surface area contributed by atoms with E-state index in [1.54, 1.807) is 23.5 Å². The molecule has 0 bridgehead atoms. The summed E-state index contributed by atoms with van der Waals surface area (Å²) in [6.07, 6.45) is 2.90. The molecule has 0 spiro atoms. The summed E-state index contributed by atoms with van der Waals surface area (Å²) in [5.74, 6) is 0.274. The Balaban J connectivity index is 1.50. The number of hydrogen-bond acceptors (Lipinski definition) is 5. The molecule has 7 heteroatoms. The first-order valence-corrected chi connectivity index (χ1v) is 12.0. The highest BCUT2D eigenvalue weighted by Crippen LogP contribution is 2.34. The summed E-state index contributed by atoms with van der Waals surface area (Å²) in [6, 6.07) is 12.9. The topological polar surface area (TPSA) is 67.3 Å². The van der Waals surface area contributed by atoms with Crippen LogP contribution in [0.25, 0.3) is 10.2 Å². The number of thiazole rings is 1. The number of rotatable bonds is 3. The minimum absolute atomic E-state index is 0.0919. The van der Waals surface area contributed by atoms with Crippen molar-refractivity contribution >= 4 is 37.3 Å². The van der Waals surface area contributed by atoms with Crippen molar-refractivity contribution in [2.24, 2.45) is 0 Å². The summed E-state index contributed by atoms with van der Waals surface area (Å²) >= 11 is 1.74. The van der Waals surface area contributed by atoms with Gasteiger partial charge < -0.3 is 4.90 Å². The van der Waals surface area contributed by atoms with E-state index in [1.165, 1.54) is 10.8 Å². The molecular formula is C21H22N2O3S2. The van der Waals surface area contributed by atoms with Gasteiger partial charge in [0, 0.05) is 30.8 Å². The molecule has 1 aliphatic heterocycles. The minimum Gasteiger partial charge on any atom is -0.339 e. The first-order chi connectivity index (χ1) is 13.3. The molecule has 3 aromatic rings. The zero-order valence-corrected chi connectivity index (χ0v) is 17.5. The standard InChI is InChI=1S/C21H22N2O3S2/c1-14-7-8-16(28(2,25)26)13-17(14)21(24)23-11-9-15(10-12-23)20-22-18-5-3-4-6-19(18)27-20/h3-8,13,15H,9-12H2,1-2H3. The Morgan fingerprint density at radius 3 is 2.54 bits per heavy atom. The maximum absolute atomic E-state index is 13.0. The number of benzene rings is 2. The second kappa shape index (κ2) is 7.29. The molecule has 2 heterocycles. The molecule has 28 heavy (non-hydrogen) atoms. The molecule has 1 saturated heterocycles. The highest BCUT2D eigenvalue weighted by Gasteiger charge is 2.27. The number of aromatic nitrogens is 1. The van der Waals surface area contributed by atoms with E-state index in [4.69, 9.17) is 4.98 Å². The van der Waals surface area contributed by atoms with Gasteiger partial charge in [0.25, 0.3) is 5.91 Å². The largest absolute Gasteiger partial charge is 0.339 e. The van der Waals surface area contributed by atoms with Crippen LogP contribution >= 0.6 is 11.3 Å². The molecule has 0 N–H and O–H groups in total. The summed E-state index contributed by atoms with van der Waals surface area (Å²) in [7, 11) is -3.34. The van der Waals surface area contributed by atoms with Crippen LogP contribution in [0, 0.1) is 6.92 Å². The Hall–Kier alpha value is -2.25. The van der Waals surface area contributed by atoms with Crippen molar-refractivity contribution in [2.45, 2.75) is 30.6 Å². The minimum atomic E-state index is -3.34. The van der Waals surface area contributed by atoms with Crippen LogP contribution < -0.4 is 0 Å². The fourth-order valence-electron chi connectivity index (χ4n) is 3.63.